The van der Waals surface area contributed by atoms with Crippen molar-refractivity contribution in [2.45, 2.75) is 44.8 Å². The maximum atomic E-state index is 13.7. The Balaban J connectivity index is 1.54. The van der Waals surface area contributed by atoms with Gasteiger partial charge in [-0.2, -0.15) is 0 Å². The highest BCUT2D eigenvalue weighted by Crippen LogP contribution is 2.24. The Kier molecular flexibility index (Phi) is 6.28. The second kappa shape index (κ2) is 8.67. The average Bonchev–Trinajstić information content (AvgIpc) is 2.64. The monoisotopic (exact) mass is 378 g/mol. The summed E-state index contributed by atoms with van der Waals surface area (Å²) in [5.41, 5.74) is 0.465. The number of aliphatic hydroxyl groups is 1. The van der Waals surface area contributed by atoms with Crippen LogP contribution in [-0.2, 0) is 4.79 Å². The van der Waals surface area contributed by atoms with E-state index < -0.39 is 5.82 Å². The van der Waals surface area contributed by atoms with Gasteiger partial charge in [0.05, 0.1) is 11.8 Å². The molecule has 1 aliphatic heterocycles. The van der Waals surface area contributed by atoms with Crippen molar-refractivity contribution in [3.63, 3.8) is 0 Å². The van der Waals surface area contributed by atoms with Gasteiger partial charge >= 0.3 is 6.03 Å². The lowest BCUT2D eigenvalue weighted by Crippen LogP contribution is -2.56. The van der Waals surface area contributed by atoms with Gasteiger partial charge in [-0.25, -0.2) is 9.18 Å². The Morgan fingerprint density at radius 1 is 1.11 bits per heavy atom. The van der Waals surface area contributed by atoms with E-state index in [0.717, 1.165) is 38.8 Å². The first-order chi connectivity index (χ1) is 12.9. The van der Waals surface area contributed by atoms with Gasteiger partial charge in [0.15, 0.2) is 0 Å². The molecule has 1 aliphatic carbocycles. The zero-order valence-electron chi connectivity index (χ0n) is 15.6. The summed E-state index contributed by atoms with van der Waals surface area (Å²) in [6.45, 7) is 3.92. The zero-order valence-corrected chi connectivity index (χ0v) is 15.6. The third kappa shape index (κ3) is 4.95. The van der Waals surface area contributed by atoms with E-state index in [9.17, 15) is 19.1 Å². The van der Waals surface area contributed by atoms with Crippen LogP contribution in [0.4, 0.5) is 20.6 Å². The number of hydrogen-bond donors (Lipinski definition) is 3. The minimum Gasteiger partial charge on any atom is -0.391 e. The van der Waals surface area contributed by atoms with Crippen LogP contribution in [0.15, 0.2) is 18.2 Å². The molecule has 3 rings (SSSR count). The lowest BCUT2D eigenvalue weighted by atomic mass is 9.91. The smallest absolute Gasteiger partial charge is 0.321 e. The highest BCUT2D eigenvalue weighted by molar-refractivity contribution is 5.92. The number of benzene rings is 1. The van der Waals surface area contributed by atoms with Crippen molar-refractivity contribution in [1.82, 2.24) is 9.80 Å². The summed E-state index contributed by atoms with van der Waals surface area (Å²) in [5, 5.41) is 15.4. The van der Waals surface area contributed by atoms with Crippen LogP contribution in [-0.4, -0.2) is 65.2 Å². The minimum absolute atomic E-state index is 0.0383. The van der Waals surface area contributed by atoms with E-state index in [2.05, 4.69) is 15.5 Å². The highest BCUT2D eigenvalue weighted by Gasteiger charge is 2.31. The number of nitrogens with zero attached hydrogens (tertiary/aromatic N) is 2. The van der Waals surface area contributed by atoms with Crippen molar-refractivity contribution < 1.29 is 19.1 Å². The van der Waals surface area contributed by atoms with Gasteiger partial charge in [-0.05, 0) is 31.0 Å². The van der Waals surface area contributed by atoms with Gasteiger partial charge < -0.3 is 20.6 Å². The van der Waals surface area contributed by atoms with E-state index in [4.69, 9.17) is 0 Å². The van der Waals surface area contributed by atoms with E-state index in [0.29, 0.717) is 18.8 Å². The molecule has 0 bridgehead atoms. The first-order valence-electron chi connectivity index (χ1n) is 9.49. The number of halogens is 1. The minimum atomic E-state index is -0.553. The van der Waals surface area contributed by atoms with Crippen LogP contribution in [0.2, 0.25) is 0 Å². The molecule has 0 spiro atoms. The Labute approximate surface area is 158 Å². The number of aliphatic hydroxyl groups excluding tert-OH is 1. The SMILES string of the molecule is CC(=O)Nc1cc(NC(=O)N2CCN([C@@H]3CCCC[C@H]3O)CC2)ccc1F. The fourth-order valence-corrected chi connectivity index (χ4v) is 3.87. The van der Waals surface area contributed by atoms with E-state index in [1.54, 1.807) is 4.90 Å². The van der Waals surface area contributed by atoms with E-state index >= 15 is 0 Å². The molecule has 2 atom stereocenters. The summed E-state index contributed by atoms with van der Waals surface area (Å²) in [5.74, 6) is -0.929. The normalized spacial score (nSPS) is 23.7. The van der Waals surface area contributed by atoms with Crippen molar-refractivity contribution in [2.24, 2.45) is 0 Å². The molecule has 3 N–H and O–H groups in total. The molecular formula is C19H27FN4O3. The maximum Gasteiger partial charge on any atom is 0.321 e. The Hall–Kier alpha value is -2.19. The Bertz CT molecular complexity index is 692. The maximum absolute atomic E-state index is 13.7. The third-order valence-corrected chi connectivity index (χ3v) is 5.29. The van der Waals surface area contributed by atoms with Crippen molar-refractivity contribution in [2.75, 3.05) is 36.8 Å². The summed E-state index contributed by atoms with van der Waals surface area (Å²) in [4.78, 5) is 27.6. The zero-order chi connectivity index (χ0) is 19.4. The van der Waals surface area contributed by atoms with E-state index in [-0.39, 0.29) is 29.8 Å². The molecule has 0 unspecified atom stereocenters. The molecule has 27 heavy (non-hydrogen) atoms. The predicted octanol–water partition coefficient (Wildman–Crippen LogP) is 2.24. The number of nitrogens with one attached hydrogen (secondary N) is 2. The van der Waals surface area contributed by atoms with Crippen molar-refractivity contribution in [3.8, 4) is 0 Å². The molecule has 2 fully saturated rings. The van der Waals surface area contributed by atoms with Crippen LogP contribution in [0.25, 0.3) is 0 Å². The molecule has 1 aromatic rings. The molecule has 2 aliphatic rings. The van der Waals surface area contributed by atoms with Crippen LogP contribution in [0.1, 0.15) is 32.6 Å². The van der Waals surface area contributed by atoms with Gasteiger partial charge in [0.2, 0.25) is 5.91 Å². The van der Waals surface area contributed by atoms with Crippen molar-refractivity contribution >= 4 is 23.3 Å². The Morgan fingerprint density at radius 3 is 2.48 bits per heavy atom. The fourth-order valence-electron chi connectivity index (χ4n) is 3.87. The number of carbonyl (C=O) groups excluding carboxylic acids is 2. The molecule has 3 amide bonds. The highest BCUT2D eigenvalue weighted by atomic mass is 19.1. The average molecular weight is 378 g/mol. The lowest BCUT2D eigenvalue weighted by Gasteiger charge is -2.42. The largest absolute Gasteiger partial charge is 0.391 e. The van der Waals surface area contributed by atoms with Gasteiger partial charge in [0.1, 0.15) is 5.82 Å². The number of carbonyl (C=O) groups is 2. The summed E-state index contributed by atoms with van der Waals surface area (Å²) >= 11 is 0. The van der Waals surface area contributed by atoms with Crippen molar-refractivity contribution in [1.29, 1.82) is 0 Å². The molecule has 1 saturated heterocycles. The number of amides is 3. The number of piperazine rings is 1. The van der Waals surface area contributed by atoms with E-state index in [1.165, 1.54) is 25.1 Å². The van der Waals surface area contributed by atoms with Crippen LogP contribution in [0.5, 0.6) is 0 Å². The molecule has 8 heteroatoms. The standard InChI is InChI=1S/C19H27FN4O3/c1-13(25)21-16-12-14(6-7-15(16)20)22-19(27)24-10-8-23(9-11-24)17-4-2-3-5-18(17)26/h6-7,12,17-18,26H,2-5,8-11H2,1H3,(H,21,25)(H,22,27)/t17-,18-/m1/s1. The van der Waals surface area contributed by atoms with Crippen LogP contribution < -0.4 is 10.6 Å². The van der Waals surface area contributed by atoms with Gasteiger partial charge in [-0.1, -0.05) is 12.8 Å². The van der Waals surface area contributed by atoms with Crippen LogP contribution in [0.3, 0.4) is 0 Å². The summed E-state index contributed by atoms with van der Waals surface area (Å²) in [6.07, 6.45) is 3.81. The second-order valence-electron chi connectivity index (χ2n) is 7.25. The van der Waals surface area contributed by atoms with Gasteiger partial charge in [0, 0.05) is 44.8 Å². The lowest BCUT2D eigenvalue weighted by molar-refractivity contribution is -0.114. The van der Waals surface area contributed by atoms with Crippen LogP contribution >= 0.6 is 0 Å². The molecule has 0 aromatic heterocycles. The van der Waals surface area contributed by atoms with Gasteiger partial charge in [-0.15, -0.1) is 0 Å². The van der Waals surface area contributed by atoms with E-state index in [1.807, 2.05) is 0 Å². The molecule has 1 heterocycles. The molecule has 1 saturated carbocycles. The quantitative estimate of drug-likeness (QED) is 0.753. The Morgan fingerprint density at radius 2 is 1.81 bits per heavy atom. The summed E-state index contributed by atoms with van der Waals surface area (Å²) in [6, 6.07) is 4.03. The topological polar surface area (TPSA) is 84.9 Å². The predicted molar refractivity (Wildman–Crippen MR) is 101 cm³/mol. The molecule has 1 aromatic carbocycles. The molecular weight excluding hydrogens is 351 g/mol. The number of hydrogen-bond acceptors (Lipinski definition) is 4. The molecule has 0 radical (unpaired) electrons. The first-order valence-corrected chi connectivity index (χ1v) is 9.49. The van der Waals surface area contributed by atoms with Gasteiger partial charge in [0.25, 0.3) is 0 Å². The number of urea groups is 1. The molecule has 148 valence electrons. The van der Waals surface area contributed by atoms with Crippen molar-refractivity contribution in [3.05, 3.63) is 24.0 Å². The second-order valence-corrected chi connectivity index (χ2v) is 7.25. The third-order valence-electron chi connectivity index (χ3n) is 5.29. The summed E-state index contributed by atoms with van der Waals surface area (Å²) < 4.78 is 13.7. The molecule has 7 nitrogen and oxygen atoms in total. The first kappa shape index (κ1) is 19.6. The number of anilines is 2. The fraction of sp³-hybridized carbons (Fsp3) is 0.579. The van der Waals surface area contributed by atoms with Gasteiger partial charge in [-0.3, -0.25) is 9.69 Å². The summed E-state index contributed by atoms with van der Waals surface area (Å²) in [7, 11) is 0. The van der Waals surface area contributed by atoms with Crippen LogP contribution in [0, 0.1) is 5.82 Å². The number of rotatable bonds is 3.